The van der Waals surface area contributed by atoms with Crippen LogP contribution in [0.3, 0.4) is 0 Å². The Morgan fingerprint density at radius 3 is 2.62 bits per heavy atom. The van der Waals surface area contributed by atoms with Gasteiger partial charge >= 0.3 is 5.97 Å². The summed E-state index contributed by atoms with van der Waals surface area (Å²) in [6, 6.07) is 13.1. The van der Waals surface area contributed by atoms with E-state index in [2.05, 4.69) is 20.3 Å². The van der Waals surface area contributed by atoms with Gasteiger partial charge in [0.15, 0.2) is 10.9 Å². The van der Waals surface area contributed by atoms with Gasteiger partial charge in [-0.15, -0.1) is 0 Å². The van der Waals surface area contributed by atoms with E-state index in [0.717, 1.165) is 26.9 Å². The molecule has 6 nitrogen and oxygen atoms in total. The van der Waals surface area contributed by atoms with Gasteiger partial charge in [0.1, 0.15) is 0 Å². The maximum Gasteiger partial charge on any atom is 0.338 e. The average molecular weight is 364 g/mol. The van der Waals surface area contributed by atoms with Crippen molar-refractivity contribution in [3.05, 3.63) is 53.7 Å². The summed E-state index contributed by atoms with van der Waals surface area (Å²) in [4.78, 5) is 25.6. The van der Waals surface area contributed by atoms with E-state index in [4.69, 9.17) is 4.74 Å². The number of rotatable bonds is 4. The number of thiazole rings is 1. The number of carbonyl (C=O) groups is 1. The van der Waals surface area contributed by atoms with Crippen LogP contribution >= 0.6 is 11.3 Å². The Kier molecular flexibility index (Phi) is 4.22. The number of aryl methyl sites for hydroxylation is 1. The van der Waals surface area contributed by atoms with Crippen molar-refractivity contribution in [2.24, 2.45) is 0 Å². The van der Waals surface area contributed by atoms with Crippen LogP contribution in [-0.2, 0) is 4.74 Å². The molecule has 0 unspecified atom stereocenters. The van der Waals surface area contributed by atoms with Crippen LogP contribution in [0.25, 0.3) is 21.3 Å². The third-order valence-corrected chi connectivity index (χ3v) is 4.80. The molecule has 4 rings (SSSR count). The average Bonchev–Trinajstić information content (AvgIpc) is 3.04. The lowest BCUT2D eigenvalue weighted by Crippen LogP contribution is -2.03. The molecular weight excluding hydrogens is 348 g/mol. The van der Waals surface area contributed by atoms with E-state index in [1.807, 2.05) is 37.3 Å². The first kappa shape index (κ1) is 16.4. The molecule has 4 aromatic rings. The fourth-order valence-corrected chi connectivity index (χ4v) is 3.53. The quantitative estimate of drug-likeness (QED) is 0.539. The van der Waals surface area contributed by atoms with Gasteiger partial charge in [-0.25, -0.2) is 19.7 Å². The number of anilines is 2. The van der Waals surface area contributed by atoms with Crippen LogP contribution in [0.2, 0.25) is 0 Å². The van der Waals surface area contributed by atoms with Crippen LogP contribution in [0.5, 0.6) is 0 Å². The molecule has 7 heteroatoms. The number of esters is 1. The standard InChI is InChI=1S/C19H16N4O2S/c1-3-25-18(24)12-8-9-15-16(10-12)26-19(22-15)23-17-11(2)20-13-6-4-5-7-14(13)21-17/h4-10H,3H2,1-2H3,(H,21,22,23). The molecular formula is C19H16N4O2S. The van der Waals surface area contributed by atoms with Crippen molar-refractivity contribution in [1.82, 2.24) is 15.0 Å². The van der Waals surface area contributed by atoms with Crippen LogP contribution in [0.4, 0.5) is 10.9 Å². The lowest BCUT2D eigenvalue weighted by molar-refractivity contribution is 0.0526. The summed E-state index contributed by atoms with van der Waals surface area (Å²) in [5.74, 6) is 0.349. The van der Waals surface area contributed by atoms with E-state index in [9.17, 15) is 4.79 Å². The minimum atomic E-state index is -0.325. The molecule has 0 aliphatic rings. The third-order valence-electron chi connectivity index (χ3n) is 3.87. The SMILES string of the molecule is CCOC(=O)c1ccc2nc(Nc3nc4ccccc4nc3C)sc2c1. The van der Waals surface area contributed by atoms with Gasteiger partial charge in [0.25, 0.3) is 0 Å². The zero-order valence-corrected chi connectivity index (χ0v) is 15.1. The number of hydrogen-bond donors (Lipinski definition) is 1. The van der Waals surface area contributed by atoms with E-state index < -0.39 is 0 Å². The van der Waals surface area contributed by atoms with Gasteiger partial charge in [-0.3, -0.25) is 0 Å². The topological polar surface area (TPSA) is 77.0 Å². The second-order valence-electron chi connectivity index (χ2n) is 5.69. The number of nitrogens with zero attached hydrogens (tertiary/aromatic N) is 3. The van der Waals surface area contributed by atoms with Crippen molar-refractivity contribution >= 4 is 49.5 Å². The predicted octanol–water partition coefficient (Wildman–Crippen LogP) is 4.47. The second kappa shape index (κ2) is 6.68. The Labute approximate surface area is 153 Å². The van der Waals surface area contributed by atoms with Gasteiger partial charge < -0.3 is 10.1 Å². The maximum atomic E-state index is 11.9. The molecule has 2 aromatic heterocycles. The first-order valence-corrected chi connectivity index (χ1v) is 9.04. The van der Waals surface area contributed by atoms with E-state index in [1.54, 1.807) is 19.1 Å². The van der Waals surface area contributed by atoms with Crippen molar-refractivity contribution in [3.8, 4) is 0 Å². The Bertz CT molecular complexity index is 1120. The Balaban J connectivity index is 1.67. The van der Waals surface area contributed by atoms with E-state index in [1.165, 1.54) is 11.3 Å². The zero-order valence-electron chi connectivity index (χ0n) is 14.3. The smallest absolute Gasteiger partial charge is 0.338 e. The second-order valence-corrected chi connectivity index (χ2v) is 6.72. The first-order chi connectivity index (χ1) is 12.6. The molecule has 2 heterocycles. The third kappa shape index (κ3) is 3.09. The van der Waals surface area contributed by atoms with Gasteiger partial charge in [0.05, 0.1) is 39.1 Å². The van der Waals surface area contributed by atoms with E-state index in [0.29, 0.717) is 23.1 Å². The summed E-state index contributed by atoms with van der Waals surface area (Å²) >= 11 is 1.46. The Hall–Kier alpha value is -3.06. The van der Waals surface area contributed by atoms with Crippen LogP contribution in [0, 0.1) is 6.92 Å². The molecule has 0 bridgehead atoms. The molecule has 0 atom stereocenters. The van der Waals surface area contributed by atoms with Gasteiger partial charge in [-0.1, -0.05) is 23.5 Å². The summed E-state index contributed by atoms with van der Waals surface area (Å²) in [5.41, 5.74) is 3.83. The normalized spacial score (nSPS) is 11.0. The van der Waals surface area contributed by atoms with Gasteiger partial charge in [-0.2, -0.15) is 0 Å². The molecule has 0 aliphatic carbocycles. The first-order valence-electron chi connectivity index (χ1n) is 8.22. The number of para-hydroxylation sites is 2. The highest BCUT2D eigenvalue weighted by Crippen LogP contribution is 2.30. The fourth-order valence-electron chi connectivity index (χ4n) is 2.63. The molecule has 1 N–H and O–H groups in total. The number of aromatic nitrogens is 3. The van der Waals surface area contributed by atoms with Crippen molar-refractivity contribution in [2.75, 3.05) is 11.9 Å². The minimum Gasteiger partial charge on any atom is -0.462 e. The summed E-state index contributed by atoms with van der Waals surface area (Å²) < 4.78 is 5.95. The highest BCUT2D eigenvalue weighted by molar-refractivity contribution is 7.22. The number of nitrogens with one attached hydrogen (secondary N) is 1. The van der Waals surface area contributed by atoms with E-state index in [-0.39, 0.29) is 5.97 Å². The van der Waals surface area contributed by atoms with Crippen LogP contribution in [-0.4, -0.2) is 27.5 Å². The predicted molar refractivity (Wildman–Crippen MR) is 103 cm³/mol. The summed E-state index contributed by atoms with van der Waals surface area (Å²) in [7, 11) is 0. The highest BCUT2D eigenvalue weighted by Gasteiger charge is 2.12. The fraction of sp³-hybridized carbons (Fsp3) is 0.158. The van der Waals surface area contributed by atoms with Crippen LogP contribution in [0.1, 0.15) is 23.0 Å². The molecule has 0 fully saturated rings. The molecule has 130 valence electrons. The highest BCUT2D eigenvalue weighted by atomic mass is 32.1. The van der Waals surface area contributed by atoms with E-state index >= 15 is 0 Å². The van der Waals surface area contributed by atoms with Gasteiger partial charge in [0, 0.05) is 0 Å². The zero-order chi connectivity index (χ0) is 18.1. The summed E-state index contributed by atoms with van der Waals surface area (Å²) in [6.45, 7) is 4.05. The monoisotopic (exact) mass is 364 g/mol. The molecule has 0 saturated carbocycles. The molecule has 2 aromatic carbocycles. The number of hydrogen-bond acceptors (Lipinski definition) is 7. The number of benzene rings is 2. The Morgan fingerprint density at radius 2 is 1.85 bits per heavy atom. The van der Waals surface area contributed by atoms with Crippen molar-refractivity contribution < 1.29 is 9.53 Å². The largest absolute Gasteiger partial charge is 0.462 e. The molecule has 0 spiro atoms. The Morgan fingerprint density at radius 1 is 1.08 bits per heavy atom. The van der Waals surface area contributed by atoms with Crippen molar-refractivity contribution in [3.63, 3.8) is 0 Å². The maximum absolute atomic E-state index is 11.9. The number of carbonyl (C=O) groups excluding carboxylic acids is 1. The van der Waals surface area contributed by atoms with Crippen LogP contribution < -0.4 is 5.32 Å². The van der Waals surface area contributed by atoms with Crippen molar-refractivity contribution in [2.45, 2.75) is 13.8 Å². The lowest BCUT2D eigenvalue weighted by atomic mass is 10.2. The van der Waals surface area contributed by atoms with Gasteiger partial charge in [0.2, 0.25) is 0 Å². The number of ether oxygens (including phenoxy) is 1. The molecule has 0 radical (unpaired) electrons. The number of fused-ring (bicyclic) bond motifs is 2. The molecule has 0 amide bonds. The summed E-state index contributed by atoms with van der Waals surface area (Å²) in [6.07, 6.45) is 0. The van der Waals surface area contributed by atoms with Crippen molar-refractivity contribution in [1.29, 1.82) is 0 Å². The minimum absolute atomic E-state index is 0.325. The lowest BCUT2D eigenvalue weighted by Gasteiger charge is -2.06. The molecule has 0 saturated heterocycles. The molecule has 26 heavy (non-hydrogen) atoms. The van der Waals surface area contributed by atoms with Crippen LogP contribution in [0.15, 0.2) is 42.5 Å². The summed E-state index contributed by atoms with van der Waals surface area (Å²) in [5, 5.41) is 3.95. The van der Waals surface area contributed by atoms with Gasteiger partial charge in [-0.05, 0) is 44.2 Å². The molecule has 0 aliphatic heterocycles.